The zero-order valence-corrected chi connectivity index (χ0v) is 12.1. The number of thiophene rings is 1. The van der Waals surface area contributed by atoms with Gasteiger partial charge < -0.3 is 10.4 Å². The van der Waals surface area contributed by atoms with Crippen LogP contribution in [0.2, 0.25) is 0 Å². The van der Waals surface area contributed by atoms with Gasteiger partial charge in [-0.15, -0.1) is 11.3 Å². The maximum Gasteiger partial charge on any atom is 0.261 e. The van der Waals surface area contributed by atoms with Crippen LogP contribution in [0.1, 0.15) is 47.3 Å². The Hall–Kier alpha value is -1.31. The number of aryl methyl sites for hydroxylation is 1. The second-order valence-corrected chi connectivity index (χ2v) is 6.15. The summed E-state index contributed by atoms with van der Waals surface area (Å²) in [7, 11) is 0. The summed E-state index contributed by atoms with van der Waals surface area (Å²) in [5, 5.41) is 11.6. The molecular formula is C14H19NO2S. The van der Waals surface area contributed by atoms with E-state index in [9.17, 15) is 4.79 Å². The second-order valence-electron chi connectivity index (χ2n) is 5.10. The van der Waals surface area contributed by atoms with Crippen molar-refractivity contribution in [1.29, 1.82) is 0 Å². The number of carbonyl (C=O) groups excluding carboxylic acids is 1. The summed E-state index contributed by atoms with van der Waals surface area (Å²) >= 11 is 1.39. The van der Waals surface area contributed by atoms with Crippen molar-refractivity contribution in [3.8, 4) is 11.8 Å². The predicted molar refractivity (Wildman–Crippen MR) is 74.9 cm³/mol. The standard InChI is InChI=1S/C14H19NO2S/c1-10-9-12(13(17)15-14(2,3)4)18-11(10)7-5-6-8-16/h9,16H,6,8H2,1-4H3,(H,15,17). The van der Waals surface area contributed by atoms with Crippen molar-refractivity contribution in [1.82, 2.24) is 5.32 Å². The Morgan fingerprint density at radius 3 is 2.72 bits per heavy atom. The predicted octanol–water partition coefficient (Wildman–Crippen LogP) is 2.32. The zero-order valence-electron chi connectivity index (χ0n) is 11.3. The highest BCUT2D eigenvalue weighted by molar-refractivity contribution is 7.14. The monoisotopic (exact) mass is 265 g/mol. The van der Waals surface area contributed by atoms with Crippen LogP contribution in [-0.2, 0) is 0 Å². The molecule has 1 heterocycles. The van der Waals surface area contributed by atoms with Gasteiger partial charge in [-0.2, -0.15) is 0 Å². The highest BCUT2D eigenvalue weighted by Crippen LogP contribution is 2.21. The molecule has 18 heavy (non-hydrogen) atoms. The topological polar surface area (TPSA) is 49.3 Å². The van der Waals surface area contributed by atoms with Crippen LogP contribution in [0.15, 0.2) is 6.07 Å². The number of rotatable bonds is 2. The molecule has 0 aliphatic rings. The minimum atomic E-state index is -0.238. The number of nitrogens with one attached hydrogen (secondary N) is 1. The number of hydrogen-bond donors (Lipinski definition) is 2. The fraction of sp³-hybridized carbons (Fsp3) is 0.500. The largest absolute Gasteiger partial charge is 0.395 e. The summed E-state index contributed by atoms with van der Waals surface area (Å²) in [6.07, 6.45) is 0.459. The van der Waals surface area contributed by atoms with Crippen molar-refractivity contribution in [3.63, 3.8) is 0 Å². The Balaban J connectivity index is 2.85. The van der Waals surface area contributed by atoms with Gasteiger partial charge >= 0.3 is 0 Å². The first kappa shape index (κ1) is 14.7. The van der Waals surface area contributed by atoms with Crippen LogP contribution < -0.4 is 5.32 Å². The van der Waals surface area contributed by atoms with Crippen molar-refractivity contribution in [2.24, 2.45) is 0 Å². The van der Waals surface area contributed by atoms with E-state index in [1.807, 2.05) is 33.8 Å². The second kappa shape index (κ2) is 6.03. The molecule has 1 aromatic heterocycles. The van der Waals surface area contributed by atoms with Crippen LogP contribution in [0.25, 0.3) is 0 Å². The van der Waals surface area contributed by atoms with Crippen molar-refractivity contribution < 1.29 is 9.90 Å². The Bertz CT molecular complexity index is 486. The van der Waals surface area contributed by atoms with E-state index in [2.05, 4.69) is 17.2 Å². The van der Waals surface area contributed by atoms with Crippen LogP contribution in [0.5, 0.6) is 0 Å². The molecule has 0 saturated carbocycles. The lowest BCUT2D eigenvalue weighted by molar-refractivity contribution is 0.0923. The third-order valence-corrected chi connectivity index (χ3v) is 3.22. The lowest BCUT2D eigenvalue weighted by Gasteiger charge is -2.19. The molecule has 0 aromatic carbocycles. The first-order valence-electron chi connectivity index (χ1n) is 5.86. The van der Waals surface area contributed by atoms with E-state index in [0.29, 0.717) is 11.3 Å². The lowest BCUT2D eigenvalue weighted by Crippen LogP contribution is -2.40. The summed E-state index contributed by atoms with van der Waals surface area (Å²) in [4.78, 5) is 13.5. The maximum atomic E-state index is 12.0. The van der Waals surface area contributed by atoms with E-state index in [4.69, 9.17) is 5.11 Å². The summed E-state index contributed by atoms with van der Waals surface area (Å²) in [5.74, 6) is 5.79. The molecule has 0 spiro atoms. The molecule has 3 nitrogen and oxygen atoms in total. The molecule has 0 radical (unpaired) electrons. The Morgan fingerprint density at radius 2 is 2.17 bits per heavy atom. The number of carbonyl (C=O) groups is 1. The number of amides is 1. The minimum absolute atomic E-state index is 0.0641. The van der Waals surface area contributed by atoms with Gasteiger partial charge in [0.05, 0.1) is 16.4 Å². The molecule has 0 fully saturated rings. The molecule has 1 amide bonds. The average Bonchev–Trinajstić information content (AvgIpc) is 2.58. The maximum absolute atomic E-state index is 12.0. The van der Waals surface area contributed by atoms with Gasteiger partial charge in [0.15, 0.2) is 0 Å². The van der Waals surface area contributed by atoms with Gasteiger partial charge in [0.2, 0.25) is 0 Å². The number of hydrogen-bond acceptors (Lipinski definition) is 3. The third kappa shape index (κ3) is 4.52. The van der Waals surface area contributed by atoms with E-state index >= 15 is 0 Å². The molecule has 1 rings (SSSR count). The molecule has 0 aliphatic heterocycles. The molecule has 0 bridgehead atoms. The van der Waals surface area contributed by atoms with Crippen LogP contribution in [-0.4, -0.2) is 23.2 Å². The molecule has 98 valence electrons. The molecular weight excluding hydrogens is 246 g/mol. The molecule has 2 N–H and O–H groups in total. The number of aliphatic hydroxyl groups is 1. The summed E-state index contributed by atoms with van der Waals surface area (Å²) < 4.78 is 0. The van der Waals surface area contributed by atoms with Gasteiger partial charge in [0.25, 0.3) is 5.91 Å². The van der Waals surface area contributed by atoms with Gasteiger partial charge in [-0.25, -0.2) is 0 Å². The van der Waals surface area contributed by atoms with Gasteiger partial charge in [-0.05, 0) is 39.3 Å². The van der Waals surface area contributed by atoms with E-state index in [1.165, 1.54) is 11.3 Å². The molecule has 0 unspecified atom stereocenters. The van der Waals surface area contributed by atoms with Crippen molar-refractivity contribution in [3.05, 3.63) is 21.4 Å². The van der Waals surface area contributed by atoms with Crippen LogP contribution >= 0.6 is 11.3 Å². The first-order valence-corrected chi connectivity index (χ1v) is 6.68. The molecule has 0 atom stereocenters. The number of aliphatic hydroxyl groups excluding tert-OH is 1. The zero-order chi connectivity index (χ0) is 13.8. The third-order valence-electron chi connectivity index (χ3n) is 2.07. The minimum Gasteiger partial charge on any atom is -0.395 e. The molecule has 0 saturated heterocycles. The van der Waals surface area contributed by atoms with E-state index in [-0.39, 0.29) is 18.1 Å². The van der Waals surface area contributed by atoms with E-state index < -0.39 is 0 Å². The lowest BCUT2D eigenvalue weighted by atomic mass is 10.1. The summed E-state index contributed by atoms with van der Waals surface area (Å²) in [6.45, 7) is 7.86. The molecule has 1 aromatic rings. The summed E-state index contributed by atoms with van der Waals surface area (Å²) in [6, 6.07) is 1.86. The van der Waals surface area contributed by atoms with Crippen LogP contribution in [0.4, 0.5) is 0 Å². The summed E-state index contributed by atoms with van der Waals surface area (Å²) in [5.41, 5.74) is 0.766. The average molecular weight is 265 g/mol. The Kier molecular flexibility index (Phi) is 4.94. The van der Waals surface area contributed by atoms with Crippen LogP contribution in [0, 0.1) is 18.8 Å². The van der Waals surface area contributed by atoms with E-state index in [0.717, 1.165) is 10.4 Å². The Labute approximate surface area is 112 Å². The highest BCUT2D eigenvalue weighted by atomic mass is 32.1. The smallest absolute Gasteiger partial charge is 0.261 e. The molecule has 4 heteroatoms. The van der Waals surface area contributed by atoms with Crippen LogP contribution in [0.3, 0.4) is 0 Å². The molecule has 0 aliphatic carbocycles. The van der Waals surface area contributed by atoms with Gasteiger partial charge in [-0.3, -0.25) is 4.79 Å². The van der Waals surface area contributed by atoms with Crippen molar-refractivity contribution in [2.45, 2.75) is 39.7 Å². The van der Waals surface area contributed by atoms with Crippen molar-refractivity contribution in [2.75, 3.05) is 6.61 Å². The van der Waals surface area contributed by atoms with E-state index in [1.54, 1.807) is 0 Å². The Morgan fingerprint density at radius 1 is 1.50 bits per heavy atom. The van der Waals surface area contributed by atoms with Gasteiger partial charge in [-0.1, -0.05) is 11.8 Å². The SMILES string of the molecule is Cc1cc(C(=O)NC(C)(C)C)sc1C#CCCO. The normalized spacial score (nSPS) is 10.7. The first-order chi connectivity index (χ1) is 8.33. The highest BCUT2D eigenvalue weighted by Gasteiger charge is 2.17. The van der Waals surface area contributed by atoms with Crippen molar-refractivity contribution >= 4 is 17.2 Å². The fourth-order valence-electron chi connectivity index (χ4n) is 1.32. The quantitative estimate of drug-likeness (QED) is 0.806. The van der Waals surface area contributed by atoms with Gasteiger partial charge in [0, 0.05) is 12.0 Å². The van der Waals surface area contributed by atoms with Gasteiger partial charge in [0.1, 0.15) is 0 Å². The fourth-order valence-corrected chi connectivity index (χ4v) is 2.26.